The number of amides is 1. The lowest BCUT2D eigenvalue weighted by molar-refractivity contribution is -0.127. The highest BCUT2D eigenvalue weighted by atomic mass is 32.1. The van der Waals surface area contributed by atoms with Crippen molar-refractivity contribution in [3.8, 4) is 17.2 Å². The number of nitrogens with one attached hydrogen (secondary N) is 3. The van der Waals surface area contributed by atoms with Gasteiger partial charge in [-0.25, -0.2) is 4.79 Å². The van der Waals surface area contributed by atoms with Crippen LogP contribution in [0.4, 0.5) is 5.00 Å². The zero-order chi connectivity index (χ0) is 22.5. The van der Waals surface area contributed by atoms with Gasteiger partial charge in [-0.05, 0) is 50.2 Å². The van der Waals surface area contributed by atoms with Crippen LogP contribution in [0.5, 0.6) is 17.2 Å². The molecule has 1 unspecified atom stereocenters. The van der Waals surface area contributed by atoms with Crippen molar-refractivity contribution in [2.75, 3.05) is 19.2 Å². The summed E-state index contributed by atoms with van der Waals surface area (Å²) in [6.45, 7) is 5.64. The van der Waals surface area contributed by atoms with Crippen molar-refractivity contribution in [2.24, 2.45) is 0 Å². The van der Waals surface area contributed by atoms with Crippen molar-refractivity contribution in [3.05, 3.63) is 34.2 Å². The number of thiocarbonyl (C=S) groups is 1. The summed E-state index contributed by atoms with van der Waals surface area (Å²) in [5.74, 6) is 0.779. The molecule has 1 amide bonds. The summed E-state index contributed by atoms with van der Waals surface area (Å²) in [6.07, 6.45) is -0.128. The quantitative estimate of drug-likeness (QED) is 0.337. The fourth-order valence-electron chi connectivity index (χ4n) is 2.97. The highest BCUT2D eigenvalue weighted by Crippen LogP contribution is 2.35. The van der Waals surface area contributed by atoms with E-state index in [0.717, 1.165) is 10.4 Å². The van der Waals surface area contributed by atoms with Crippen LogP contribution in [-0.2, 0) is 16.0 Å². The number of hydrogen-bond donors (Lipinski definition) is 3. The Morgan fingerprint density at radius 1 is 1.26 bits per heavy atom. The third-order valence-corrected chi connectivity index (χ3v) is 5.77. The number of methoxy groups -OCH3 is 1. The van der Waals surface area contributed by atoms with Gasteiger partial charge < -0.3 is 24.3 Å². The molecule has 11 heteroatoms. The molecular weight excluding hydrogens is 442 g/mol. The maximum absolute atomic E-state index is 12.4. The minimum Gasteiger partial charge on any atom is -0.481 e. The van der Waals surface area contributed by atoms with Gasteiger partial charge in [0.25, 0.3) is 5.91 Å². The smallest absolute Gasteiger partial charge is 0.341 e. The van der Waals surface area contributed by atoms with E-state index in [-0.39, 0.29) is 11.9 Å². The summed E-state index contributed by atoms with van der Waals surface area (Å²) in [6, 6.07) is 5.06. The van der Waals surface area contributed by atoms with Crippen LogP contribution >= 0.6 is 23.6 Å². The van der Waals surface area contributed by atoms with Gasteiger partial charge >= 0.3 is 5.97 Å². The fourth-order valence-corrected chi connectivity index (χ4v) is 4.33. The summed E-state index contributed by atoms with van der Waals surface area (Å²) in [4.78, 5) is 25.5. The number of aryl methyl sites for hydroxylation is 1. The van der Waals surface area contributed by atoms with Gasteiger partial charge in [-0.3, -0.25) is 15.6 Å². The number of hydrogen-bond acceptors (Lipinski definition) is 8. The van der Waals surface area contributed by atoms with E-state index in [2.05, 4.69) is 16.2 Å². The first-order valence-corrected chi connectivity index (χ1v) is 10.7. The maximum atomic E-state index is 12.4. The molecular formula is C20H23N3O6S2. The minimum atomic E-state index is -0.808. The van der Waals surface area contributed by atoms with Crippen molar-refractivity contribution in [1.82, 2.24) is 10.9 Å². The lowest BCUT2D eigenvalue weighted by Gasteiger charge is -2.16. The van der Waals surface area contributed by atoms with Crippen LogP contribution in [-0.4, -0.2) is 37.0 Å². The molecule has 0 aliphatic carbocycles. The number of ether oxygens (including phenoxy) is 4. The van der Waals surface area contributed by atoms with Crippen molar-refractivity contribution < 1.29 is 28.5 Å². The molecule has 0 fully saturated rings. The number of fused-ring (bicyclic) bond motifs is 1. The van der Waals surface area contributed by atoms with E-state index in [0.29, 0.717) is 34.2 Å². The average molecular weight is 466 g/mol. The molecule has 31 heavy (non-hydrogen) atoms. The first-order valence-electron chi connectivity index (χ1n) is 9.47. The van der Waals surface area contributed by atoms with Crippen molar-refractivity contribution in [2.45, 2.75) is 33.3 Å². The largest absolute Gasteiger partial charge is 0.481 e. The van der Waals surface area contributed by atoms with Crippen LogP contribution in [0.25, 0.3) is 0 Å². The molecule has 0 bridgehead atoms. The predicted molar refractivity (Wildman–Crippen MR) is 120 cm³/mol. The molecule has 1 atom stereocenters. The normalized spacial score (nSPS) is 12.6. The van der Waals surface area contributed by atoms with E-state index < -0.39 is 18.0 Å². The molecule has 2 heterocycles. The summed E-state index contributed by atoms with van der Waals surface area (Å²) >= 11 is 6.63. The number of carbonyl (C=O) groups is 2. The summed E-state index contributed by atoms with van der Waals surface area (Å²) < 4.78 is 21.1. The third kappa shape index (κ3) is 5.17. The van der Waals surface area contributed by atoms with Crippen LogP contribution in [0.1, 0.15) is 34.6 Å². The van der Waals surface area contributed by atoms with E-state index in [4.69, 9.17) is 31.2 Å². The van der Waals surface area contributed by atoms with Gasteiger partial charge in [0.15, 0.2) is 22.7 Å². The lowest BCUT2D eigenvalue weighted by Crippen LogP contribution is -2.48. The molecule has 2 aromatic rings. The first-order chi connectivity index (χ1) is 14.8. The van der Waals surface area contributed by atoms with Crippen LogP contribution in [0, 0.1) is 6.92 Å². The topological polar surface area (TPSA) is 107 Å². The fraction of sp³-hybridized carbons (Fsp3) is 0.350. The highest BCUT2D eigenvalue weighted by Gasteiger charge is 2.23. The molecule has 1 aliphatic heterocycles. The van der Waals surface area contributed by atoms with Crippen molar-refractivity contribution in [1.29, 1.82) is 0 Å². The Balaban J connectivity index is 1.56. The Morgan fingerprint density at radius 2 is 2.00 bits per heavy atom. The second kappa shape index (κ2) is 9.84. The van der Waals surface area contributed by atoms with Gasteiger partial charge in [0.05, 0.1) is 12.7 Å². The van der Waals surface area contributed by atoms with Crippen molar-refractivity contribution in [3.63, 3.8) is 0 Å². The van der Waals surface area contributed by atoms with E-state index in [1.165, 1.54) is 18.4 Å². The molecule has 0 spiro atoms. The van der Waals surface area contributed by atoms with Gasteiger partial charge in [0, 0.05) is 10.9 Å². The van der Waals surface area contributed by atoms with E-state index in [9.17, 15) is 9.59 Å². The van der Waals surface area contributed by atoms with E-state index in [1.54, 1.807) is 25.1 Å². The van der Waals surface area contributed by atoms with Gasteiger partial charge in [-0.15, -0.1) is 11.3 Å². The minimum absolute atomic E-state index is 0.123. The highest BCUT2D eigenvalue weighted by molar-refractivity contribution is 7.80. The lowest BCUT2D eigenvalue weighted by atomic mass is 10.1. The number of carbonyl (C=O) groups excluding carboxylic acids is 2. The monoisotopic (exact) mass is 465 g/mol. The Bertz CT molecular complexity index is 1010. The SMILES string of the molecule is CCc1c(C)sc(NC(=S)NNC(=O)C(C)Oc2ccc3c(c2)OCO3)c1C(=O)OC. The van der Waals surface area contributed by atoms with Crippen molar-refractivity contribution >= 4 is 45.5 Å². The molecule has 1 aromatic carbocycles. The van der Waals surface area contributed by atoms with E-state index >= 15 is 0 Å². The zero-order valence-electron chi connectivity index (χ0n) is 17.5. The summed E-state index contributed by atoms with van der Waals surface area (Å²) in [7, 11) is 1.33. The molecule has 1 aromatic heterocycles. The number of thiophene rings is 1. The number of hydrazine groups is 1. The second-order valence-electron chi connectivity index (χ2n) is 6.53. The van der Waals surface area contributed by atoms with Gasteiger partial charge in [-0.2, -0.15) is 0 Å². The van der Waals surface area contributed by atoms with E-state index in [1.807, 2.05) is 13.8 Å². The van der Waals surface area contributed by atoms with Crippen LogP contribution in [0.15, 0.2) is 18.2 Å². The Kier molecular flexibility index (Phi) is 7.18. The number of rotatable bonds is 6. The zero-order valence-corrected chi connectivity index (χ0v) is 19.1. The molecule has 0 radical (unpaired) electrons. The Labute approximate surface area is 189 Å². The molecule has 1 aliphatic rings. The standard InChI is InChI=1S/C20H23N3O6S2/c1-5-13-11(3)31-18(16(13)19(25)26-4)21-20(30)23-22-17(24)10(2)29-12-6-7-14-15(8-12)28-9-27-14/h6-8,10H,5,9H2,1-4H3,(H,22,24)(H2,21,23,30). The Morgan fingerprint density at radius 3 is 2.71 bits per heavy atom. The molecule has 3 rings (SSSR count). The first kappa shape index (κ1) is 22.6. The third-order valence-electron chi connectivity index (χ3n) is 4.50. The second-order valence-corrected chi connectivity index (χ2v) is 8.16. The number of anilines is 1. The number of esters is 1. The molecule has 0 saturated carbocycles. The average Bonchev–Trinajstić information content (AvgIpc) is 3.34. The molecule has 0 saturated heterocycles. The predicted octanol–water partition coefficient (Wildman–Crippen LogP) is 2.92. The van der Waals surface area contributed by atoms with Gasteiger partial charge in [0.2, 0.25) is 6.79 Å². The van der Waals surface area contributed by atoms with Gasteiger partial charge in [-0.1, -0.05) is 6.92 Å². The van der Waals surface area contributed by atoms with Crippen LogP contribution in [0.2, 0.25) is 0 Å². The summed E-state index contributed by atoms with van der Waals surface area (Å²) in [5, 5.41) is 3.62. The molecule has 3 N–H and O–H groups in total. The maximum Gasteiger partial charge on any atom is 0.341 e. The van der Waals surface area contributed by atoms with Crippen LogP contribution in [0.3, 0.4) is 0 Å². The Hall–Kier alpha value is -3.05. The summed E-state index contributed by atoms with van der Waals surface area (Å²) in [5.41, 5.74) is 6.46. The van der Waals surface area contributed by atoms with Crippen LogP contribution < -0.4 is 30.4 Å². The molecule has 9 nitrogen and oxygen atoms in total. The number of benzene rings is 1. The van der Waals surface area contributed by atoms with Gasteiger partial charge in [0.1, 0.15) is 10.8 Å². The molecule has 166 valence electrons.